The number of carbonyl (C=O) groups excluding carboxylic acids is 1. The molecule has 0 radical (unpaired) electrons. The summed E-state index contributed by atoms with van der Waals surface area (Å²) in [5.41, 5.74) is 0.345. The Bertz CT molecular complexity index is 581. The van der Waals surface area contributed by atoms with Crippen LogP contribution in [0, 0.1) is 12.8 Å². The van der Waals surface area contributed by atoms with E-state index in [-0.39, 0.29) is 11.5 Å². The lowest BCUT2D eigenvalue weighted by molar-refractivity contribution is -0.160. The highest BCUT2D eigenvalue weighted by Crippen LogP contribution is 2.16. The molecule has 0 fully saturated rings. The van der Waals surface area contributed by atoms with Gasteiger partial charge in [0.15, 0.2) is 0 Å². The molecule has 0 amide bonds. The van der Waals surface area contributed by atoms with Gasteiger partial charge in [0.1, 0.15) is 5.60 Å². The van der Waals surface area contributed by atoms with Gasteiger partial charge in [0.05, 0.1) is 17.4 Å². The summed E-state index contributed by atoms with van der Waals surface area (Å²) in [6.07, 6.45) is 0. The van der Waals surface area contributed by atoms with Crippen LogP contribution in [0.4, 0.5) is 0 Å². The molecule has 1 aromatic rings. The first kappa shape index (κ1) is 17.7. The molecule has 6 heteroatoms. The molecule has 0 aliphatic carbocycles. The van der Waals surface area contributed by atoms with E-state index in [0.29, 0.717) is 0 Å². The lowest BCUT2D eigenvalue weighted by Crippen LogP contribution is -2.30. The third kappa shape index (κ3) is 5.85. The first-order valence-corrected chi connectivity index (χ1v) is 8.11. The molecule has 0 saturated carbocycles. The van der Waals surface area contributed by atoms with E-state index in [4.69, 9.17) is 8.92 Å². The zero-order chi connectivity index (χ0) is 16.3. The van der Waals surface area contributed by atoms with Crippen molar-refractivity contribution in [1.82, 2.24) is 0 Å². The van der Waals surface area contributed by atoms with Crippen LogP contribution >= 0.6 is 0 Å². The normalized spacial score (nSPS) is 13.8. The highest BCUT2D eigenvalue weighted by atomic mass is 32.2. The van der Waals surface area contributed by atoms with Gasteiger partial charge in [-0.15, -0.1) is 0 Å². The summed E-state index contributed by atoms with van der Waals surface area (Å²) < 4.78 is 34.1. The average molecular weight is 314 g/mol. The van der Waals surface area contributed by atoms with Gasteiger partial charge in [-0.1, -0.05) is 17.7 Å². The van der Waals surface area contributed by atoms with Gasteiger partial charge in [0.2, 0.25) is 0 Å². The van der Waals surface area contributed by atoms with Crippen molar-refractivity contribution in [1.29, 1.82) is 0 Å². The van der Waals surface area contributed by atoms with Crippen LogP contribution in [0.2, 0.25) is 0 Å². The minimum Gasteiger partial charge on any atom is -0.460 e. The number of benzene rings is 1. The Hall–Kier alpha value is -1.40. The molecule has 1 rings (SSSR count). The third-order valence-electron chi connectivity index (χ3n) is 2.59. The summed E-state index contributed by atoms with van der Waals surface area (Å²) in [6.45, 7) is 8.44. The Labute approximate surface area is 126 Å². The molecule has 0 heterocycles. The topological polar surface area (TPSA) is 69.7 Å². The molecular weight excluding hydrogens is 292 g/mol. The summed E-state index contributed by atoms with van der Waals surface area (Å²) in [7, 11) is -3.86. The molecule has 0 N–H and O–H groups in total. The Kier molecular flexibility index (Phi) is 5.53. The van der Waals surface area contributed by atoms with Crippen molar-refractivity contribution in [3.05, 3.63) is 29.8 Å². The van der Waals surface area contributed by atoms with Crippen LogP contribution in [0.15, 0.2) is 29.2 Å². The van der Waals surface area contributed by atoms with Gasteiger partial charge in [-0.3, -0.25) is 8.98 Å². The number of hydrogen-bond donors (Lipinski definition) is 0. The zero-order valence-electron chi connectivity index (χ0n) is 13.0. The highest BCUT2D eigenvalue weighted by Gasteiger charge is 2.24. The molecule has 118 valence electrons. The quantitative estimate of drug-likeness (QED) is 0.617. The van der Waals surface area contributed by atoms with Crippen LogP contribution in [-0.2, 0) is 23.8 Å². The first-order valence-electron chi connectivity index (χ1n) is 6.70. The maximum Gasteiger partial charge on any atom is 0.311 e. The van der Waals surface area contributed by atoms with Crippen molar-refractivity contribution < 1.29 is 22.1 Å². The summed E-state index contributed by atoms with van der Waals surface area (Å²) in [5.74, 6) is -1.15. The van der Waals surface area contributed by atoms with Gasteiger partial charge in [-0.25, -0.2) is 0 Å². The van der Waals surface area contributed by atoms with Crippen LogP contribution in [0.1, 0.15) is 33.3 Å². The van der Waals surface area contributed by atoms with Gasteiger partial charge in [0, 0.05) is 0 Å². The molecule has 0 aliphatic rings. The van der Waals surface area contributed by atoms with Crippen molar-refractivity contribution in [3.8, 4) is 0 Å². The SMILES string of the molecule is Cc1ccc(S(=O)(=O)OCC(C)C(=O)OC(C)(C)C)cc1. The van der Waals surface area contributed by atoms with Crippen LogP contribution in [0.25, 0.3) is 0 Å². The average Bonchev–Trinajstić information content (AvgIpc) is 2.34. The molecule has 0 aromatic heterocycles. The Morgan fingerprint density at radius 2 is 1.71 bits per heavy atom. The van der Waals surface area contributed by atoms with Crippen molar-refractivity contribution in [2.24, 2.45) is 5.92 Å². The lowest BCUT2D eigenvalue weighted by Gasteiger charge is -2.22. The Balaban J connectivity index is 2.65. The fourth-order valence-electron chi connectivity index (χ4n) is 1.44. The minimum absolute atomic E-state index is 0.0736. The predicted molar refractivity (Wildman–Crippen MR) is 79.3 cm³/mol. The fourth-order valence-corrected chi connectivity index (χ4v) is 2.42. The molecular formula is C15H22O5S. The van der Waals surface area contributed by atoms with Crippen LogP contribution in [0.3, 0.4) is 0 Å². The molecule has 0 spiro atoms. The summed E-state index contributed by atoms with van der Waals surface area (Å²) in [5, 5.41) is 0. The van der Waals surface area contributed by atoms with Crippen LogP contribution < -0.4 is 0 Å². The van der Waals surface area contributed by atoms with Gasteiger partial charge >= 0.3 is 5.97 Å². The van der Waals surface area contributed by atoms with Crippen LogP contribution in [-0.4, -0.2) is 26.6 Å². The molecule has 1 aromatic carbocycles. The van der Waals surface area contributed by atoms with Crippen molar-refractivity contribution in [3.63, 3.8) is 0 Å². The van der Waals surface area contributed by atoms with Crippen molar-refractivity contribution in [2.45, 2.75) is 45.1 Å². The number of ether oxygens (including phenoxy) is 1. The standard InChI is InChI=1S/C15H22O5S/c1-11-6-8-13(9-7-11)21(17,18)19-10-12(2)14(16)20-15(3,4)5/h6-9,12H,10H2,1-5H3. The minimum atomic E-state index is -3.86. The molecule has 21 heavy (non-hydrogen) atoms. The van der Waals surface area contributed by atoms with E-state index in [1.165, 1.54) is 12.1 Å². The number of aryl methyl sites for hydroxylation is 1. The van der Waals surface area contributed by atoms with Gasteiger partial charge in [-0.05, 0) is 46.8 Å². The van der Waals surface area contributed by atoms with Gasteiger partial charge < -0.3 is 4.74 Å². The zero-order valence-corrected chi connectivity index (χ0v) is 13.9. The summed E-state index contributed by atoms with van der Waals surface area (Å²) in [6, 6.07) is 6.33. The predicted octanol–water partition coefficient (Wildman–Crippen LogP) is 2.68. The van der Waals surface area contributed by atoms with Crippen molar-refractivity contribution in [2.75, 3.05) is 6.61 Å². The molecule has 0 saturated heterocycles. The highest BCUT2D eigenvalue weighted by molar-refractivity contribution is 7.86. The van der Waals surface area contributed by atoms with E-state index in [1.54, 1.807) is 39.8 Å². The second-order valence-electron chi connectivity index (χ2n) is 5.99. The van der Waals surface area contributed by atoms with E-state index in [9.17, 15) is 13.2 Å². The first-order chi connectivity index (χ1) is 9.51. The number of hydrogen-bond acceptors (Lipinski definition) is 5. The largest absolute Gasteiger partial charge is 0.460 e. The molecule has 0 aliphatic heterocycles. The molecule has 5 nitrogen and oxygen atoms in total. The third-order valence-corrected chi connectivity index (χ3v) is 3.89. The second-order valence-corrected chi connectivity index (χ2v) is 7.60. The molecule has 1 unspecified atom stereocenters. The van der Waals surface area contributed by atoms with E-state index >= 15 is 0 Å². The number of esters is 1. The maximum absolute atomic E-state index is 12.0. The van der Waals surface area contributed by atoms with Crippen LogP contribution in [0.5, 0.6) is 0 Å². The summed E-state index contributed by atoms with van der Waals surface area (Å²) >= 11 is 0. The van der Waals surface area contributed by atoms with E-state index in [1.807, 2.05) is 6.92 Å². The van der Waals surface area contributed by atoms with E-state index in [0.717, 1.165) is 5.56 Å². The van der Waals surface area contributed by atoms with E-state index in [2.05, 4.69) is 0 Å². The monoisotopic (exact) mass is 314 g/mol. The smallest absolute Gasteiger partial charge is 0.311 e. The summed E-state index contributed by atoms with van der Waals surface area (Å²) in [4.78, 5) is 11.8. The molecule has 1 atom stereocenters. The van der Waals surface area contributed by atoms with Gasteiger partial charge in [-0.2, -0.15) is 8.42 Å². The van der Waals surface area contributed by atoms with Crippen molar-refractivity contribution >= 4 is 16.1 Å². The maximum atomic E-state index is 12.0. The Morgan fingerprint density at radius 3 is 2.19 bits per heavy atom. The fraction of sp³-hybridized carbons (Fsp3) is 0.533. The lowest BCUT2D eigenvalue weighted by atomic mass is 10.1. The van der Waals surface area contributed by atoms with Gasteiger partial charge in [0.25, 0.3) is 10.1 Å². The second kappa shape index (κ2) is 6.58. The number of rotatable bonds is 5. The Morgan fingerprint density at radius 1 is 1.19 bits per heavy atom. The number of carbonyl (C=O) groups is 1. The molecule has 0 bridgehead atoms. The van der Waals surface area contributed by atoms with E-state index < -0.39 is 27.6 Å².